The minimum Gasteiger partial charge on any atom is -0.481 e. The van der Waals surface area contributed by atoms with E-state index in [0.29, 0.717) is 13.0 Å². The van der Waals surface area contributed by atoms with E-state index in [1.54, 1.807) is 36.5 Å². The van der Waals surface area contributed by atoms with Gasteiger partial charge in [0.25, 0.3) is 0 Å². The molecular formula is C60H94Cl2N8O12S2. The molecule has 4 aromatic rings. The Bertz CT molecular complexity index is 2730. The third-order valence-corrected chi connectivity index (χ3v) is 17.0. The lowest BCUT2D eigenvalue weighted by molar-refractivity contribution is -0.151. The third-order valence-electron chi connectivity index (χ3n) is 15.1. The van der Waals surface area contributed by atoms with Crippen LogP contribution in [0.4, 0.5) is 0 Å². The molecule has 0 aliphatic carbocycles. The van der Waals surface area contributed by atoms with E-state index in [0.717, 1.165) is 27.4 Å². The standard InChI is InChI=1S/C23H32N4O3S.C12H14N2S.C12H21NO4.C7H14O2.C6H11NO3.2ClH/c1-13(15-6-8-16(9-7-15)19-14(2)25-12-31-19)26-21(29)18-10-17(28)11-27(18)22(30)20(24)23(3,4)5;1-8(13)10-3-5-11(6-4-10)12-9(2)14-7-15-12;1-7(12(2,3)4)10(15)13-6-8(14)5-9(13)11(16)17;1-5(6(8)9)7(2,3)4;1-10-6(9)5-2-4(8)3-7-5;;/h6-9,12-13,17-18,20,28H,10-11,24H2,1-5H3,(H,26,29);3-8H,13H2,1-2H3;7-9,14H,5-6H2,1-4H3,(H,16,17);5H,1-4H3,(H,8,9);4-5,7-8H,2-3H2,1H3;2*1H/t13-,17-,18?,20+;8-;7-,8+,9?;5-;4-,5?;;/m00110../s1. The molecule has 7 rings (SSSR count). The quantitative estimate of drug-likeness (QED) is 0.0643. The van der Waals surface area contributed by atoms with E-state index in [2.05, 4.69) is 49.6 Å². The van der Waals surface area contributed by atoms with Gasteiger partial charge in [-0.1, -0.05) is 125 Å². The number of thiazole rings is 2. The molecule has 0 bridgehead atoms. The van der Waals surface area contributed by atoms with Crippen LogP contribution in [-0.2, 0) is 33.5 Å². The summed E-state index contributed by atoms with van der Waals surface area (Å²) < 4.78 is 4.47. The lowest BCUT2D eigenvalue weighted by Crippen LogP contribution is -2.55. The van der Waals surface area contributed by atoms with Crippen molar-refractivity contribution >= 4 is 83.1 Å². The van der Waals surface area contributed by atoms with Gasteiger partial charge in [0.15, 0.2) is 0 Å². The number of hydrogen-bond donors (Lipinski definition) is 9. The maximum Gasteiger partial charge on any atom is 0.326 e. The Morgan fingerprint density at radius 2 is 1.07 bits per heavy atom. The van der Waals surface area contributed by atoms with E-state index in [1.807, 2.05) is 125 Å². The first kappa shape index (κ1) is 76.9. The number of methoxy groups -OCH3 is 1. The highest BCUT2D eigenvalue weighted by molar-refractivity contribution is 7.13. The van der Waals surface area contributed by atoms with E-state index in [9.17, 15) is 39.0 Å². The number of nitrogens with one attached hydrogen (secondary N) is 2. The second kappa shape index (κ2) is 33.7. The molecule has 11 atom stereocenters. The van der Waals surface area contributed by atoms with Gasteiger partial charge in [-0.3, -0.25) is 24.0 Å². The smallest absolute Gasteiger partial charge is 0.326 e. The van der Waals surface area contributed by atoms with Gasteiger partial charge in [0.1, 0.15) is 18.1 Å². The highest BCUT2D eigenvalue weighted by atomic mass is 35.5. The second-order valence-corrected chi connectivity index (χ2v) is 26.4. The second-order valence-electron chi connectivity index (χ2n) is 24.7. The molecule has 3 aliphatic heterocycles. The van der Waals surface area contributed by atoms with Gasteiger partial charge in [-0.25, -0.2) is 14.8 Å². The minimum atomic E-state index is -1.05. The Morgan fingerprint density at radius 3 is 1.40 bits per heavy atom. The maximum atomic E-state index is 13.0. The molecule has 3 amide bonds. The Kier molecular flexibility index (Phi) is 30.8. The topological polar surface area (TPSA) is 321 Å². The molecule has 472 valence electrons. The van der Waals surface area contributed by atoms with Crippen LogP contribution in [0.5, 0.6) is 0 Å². The van der Waals surface area contributed by atoms with Gasteiger partial charge in [-0.15, -0.1) is 47.5 Å². The van der Waals surface area contributed by atoms with Crippen molar-refractivity contribution in [2.24, 2.45) is 39.5 Å². The number of carbonyl (C=O) groups excluding carboxylic acids is 4. The number of benzene rings is 2. The predicted octanol–water partition coefficient (Wildman–Crippen LogP) is 7.96. The number of likely N-dealkylation sites (tertiary alicyclic amines) is 2. The number of aryl methyl sites for hydroxylation is 2. The minimum absolute atomic E-state index is 0. The number of halogens is 2. The lowest BCUT2D eigenvalue weighted by atomic mass is 9.81. The number of carboxylic acid groups (broad SMARTS) is 2. The largest absolute Gasteiger partial charge is 0.481 e. The molecule has 0 spiro atoms. The van der Waals surface area contributed by atoms with Crippen LogP contribution in [0.3, 0.4) is 0 Å². The van der Waals surface area contributed by atoms with Crippen molar-refractivity contribution in [1.29, 1.82) is 0 Å². The van der Waals surface area contributed by atoms with Crippen LogP contribution < -0.4 is 22.1 Å². The molecule has 0 radical (unpaired) electrons. The summed E-state index contributed by atoms with van der Waals surface area (Å²) in [6, 6.07) is 13.6. The molecule has 3 aliphatic rings. The fraction of sp³-hybridized carbons (Fsp3) is 0.600. The lowest BCUT2D eigenvalue weighted by Gasteiger charge is -2.32. The van der Waals surface area contributed by atoms with Crippen molar-refractivity contribution in [2.45, 2.75) is 178 Å². The number of ether oxygens (including phenoxy) is 1. The summed E-state index contributed by atoms with van der Waals surface area (Å²) in [5.74, 6) is -3.37. The summed E-state index contributed by atoms with van der Waals surface area (Å²) >= 11 is 3.27. The molecule has 0 saturated carbocycles. The molecular weight excluding hydrogens is 1160 g/mol. The number of esters is 1. The fourth-order valence-electron chi connectivity index (χ4n) is 8.59. The van der Waals surface area contributed by atoms with Crippen LogP contribution in [0.15, 0.2) is 59.6 Å². The van der Waals surface area contributed by atoms with Gasteiger partial charge in [0, 0.05) is 50.9 Å². The number of aliphatic carboxylic acids is 2. The molecule has 24 heteroatoms. The van der Waals surface area contributed by atoms with Crippen molar-refractivity contribution in [3.05, 3.63) is 82.1 Å². The summed E-state index contributed by atoms with van der Waals surface area (Å²) in [4.78, 5) is 83.9. The number of carboxylic acids is 2. The zero-order valence-electron chi connectivity index (χ0n) is 51.5. The first-order valence-electron chi connectivity index (χ1n) is 27.6. The number of aliphatic hydroxyl groups excluding tert-OH is 3. The average molecular weight is 1250 g/mol. The normalized spacial score (nSPS) is 21.0. The van der Waals surface area contributed by atoms with Gasteiger partial charge in [-0.2, -0.15) is 0 Å². The van der Waals surface area contributed by atoms with E-state index >= 15 is 0 Å². The number of aliphatic hydroxyl groups is 3. The summed E-state index contributed by atoms with van der Waals surface area (Å²) in [6.07, 6.45) is -1.06. The SMILES string of the molecule is COC(=O)C1C[C@H](O)CN1.C[C@H](C(=O)N1C[C@@H](O)CC1C(=O)O)C(C)(C)C.C[C@H](C(=O)O)C(C)(C)C.Cc1ncsc1-c1ccc([C@H](C)N)cc1.Cc1ncsc1-c1ccc([C@H](C)NC(=O)C2C[C@H](O)CN2C(=O)[C@@H](N)C(C)(C)C)cc1.Cl.Cl. The number of carbonyl (C=O) groups is 6. The van der Waals surface area contributed by atoms with Crippen LogP contribution in [0.1, 0.15) is 144 Å². The predicted molar refractivity (Wildman–Crippen MR) is 335 cm³/mol. The highest BCUT2D eigenvalue weighted by Gasteiger charge is 2.44. The van der Waals surface area contributed by atoms with Crippen molar-refractivity contribution in [3.63, 3.8) is 0 Å². The summed E-state index contributed by atoms with van der Waals surface area (Å²) in [5, 5.41) is 52.0. The summed E-state index contributed by atoms with van der Waals surface area (Å²) in [7, 11) is 1.34. The first-order chi connectivity index (χ1) is 37.9. The molecule has 11 N–H and O–H groups in total. The number of rotatable bonds is 11. The Hall–Kier alpha value is -5.14. The molecule has 2 aromatic carbocycles. The number of nitrogens with two attached hydrogens (primary N) is 2. The Labute approximate surface area is 516 Å². The maximum absolute atomic E-state index is 13.0. The molecule has 3 saturated heterocycles. The van der Waals surface area contributed by atoms with Crippen molar-refractivity contribution in [3.8, 4) is 20.9 Å². The number of amides is 3. The van der Waals surface area contributed by atoms with E-state index in [4.69, 9.17) is 26.8 Å². The molecule has 5 heterocycles. The van der Waals surface area contributed by atoms with Gasteiger partial charge in [0.05, 0.1) is 75.6 Å². The van der Waals surface area contributed by atoms with Gasteiger partial charge >= 0.3 is 17.9 Å². The van der Waals surface area contributed by atoms with Gasteiger partial charge in [0.2, 0.25) is 17.7 Å². The van der Waals surface area contributed by atoms with Crippen LogP contribution in [0.25, 0.3) is 20.9 Å². The number of hydrogen-bond acceptors (Lipinski definition) is 17. The van der Waals surface area contributed by atoms with Crippen LogP contribution in [-0.4, -0.2) is 150 Å². The molecule has 2 aromatic heterocycles. The number of nitrogens with zero attached hydrogens (tertiary/aromatic N) is 4. The van der Waals surface area contributed by atoms with Crippen LogP contribution in [0, 0.1) is 41.9 Å². The molecule has 3 unspecified atom stereocenters. The molecule has 20 nitrogen and oxygen atoms in total. The van der Waals surface area contributed by atoms with Crippen molar-refractivity contribution in [2.75, 3.05) is 26.7 Å². The highest BCUT2D eigenvalue weighted by Crippen LogP contribution is 2.33. The van der Waals surface area contributed by atoms with E-state index in [1.165, 1.54) is 32.9 Å². The molecule has 84 heavy (non-hydrogen) atoms. The summed E-state index contributed by atoms with van der Waals surface area (Å²) in [6.45, 7) is 29.4. The zero-order valence-corrected chi connectivity index (χ0v) is 54.8. The monoisotopic (exact) mass is 1250 g/mol. The third kappa shape index (κ3) is 22.6. The van der Waals surface area contributed by atoms with Crippen molar-refractivity contribution in [1.82, 2.24) is 30.4 Å². The van der Waals surface area contributed by atoms with Gasteiger partial charge in [-0.05, 0) is 66.2 Å². The Morgan fingerprint density at radius 1 is 0.643 bits per heavy atom. The number of aromatic nitrogens is 2. The van der Waals surface area contributed by atoms with E-state index < -0.39 is 53.8 Å². The Balaban J connectivity index is 0.000000567. The van der Waals surface area contributed by atoms with E-state index in [-0.39, 0.29) is 115 Å². The number of β-amino-alcohol motifs (C(OH)–C–C–N with tert-alkyl or cyclic N) is 3. The van der Waals surface area contributed by atoms with Crippen LogP contribution >= 0.6 is 47.5 Å². The summed E-state index contributed by atoms with van der Waals surface area (Å²) in [5.41, 5.74) is 21.4. The van der Waals surface area contributed by atoms with Crippen molar-refractivity contribution < 1.29 is 59.0 Å². The average Bonchev–Trinajstić information content (AvgIpc) is 4.46. The first-order valence-corrected chi connectivity index (χ1v) is 29.4. The van der Waals surface area contributed by atoms with Gasteiger partial charge < -0.3 is 62.2 Å². The fourth-order valence-corrected chi connectivity index (χ4v) is 10.2. The van der Waals surface area contributed by atoms with Crippen LogP contribution in [0.2, 0.25) is 0 Å². The zero-order chi connectivity index (χ0) is 62.4. The molecule has 3 fully saturated rings.